The van der Waals surface area contributed by atoms with Gasteiger partial charge in [-0.25, -0.2) is 4.39 Å². The molecular formula is C44H35FGeIrN2S-2. The van der Waals surface area contributed by atoms with Crippen LogP contribution in [0.5, 0.6) is 0 Å². The molecule has 0 aliphatic carbocycles. The smallest absolute Gasteiger partial charge is 0 e. The predicted molar refractivity (Wildman–Crippen MR) is 208 cm³/mol. The van der Waals surface area contributed by atoms with Crippen molar-refractivity contribution in [2.24, 2.45) is 0 Å². The van der Waals surface area contributed by atoms with E-state index in [0.29, 0.717) is 11.3 Å². The molecule has 3 heterocycles. The molecule has 3 aromatic heterocycles. The first kappa shape index (κ1) is 31.7. The van der Waals surface area contributed by atoms with Gasteiger partial charge in [0.05, 0.1) is 0 Å². The van der Waals surface area contributed by atoms with E-state index in [9.17, 15) is 4.39 Å². The average molecular weight is 911 g/mol. The fraction of sp³-hybridized carbons (Fsp3) is 0.0909. The Hall–Kier alpha value is -4.26. The number of aromatic nitrogens is 2. The summed E-state index contributed by atoms with van der Waals surface area (Å²) in [5, 5.41) is 1.99. The molecule has 0 atom stereocenters. The molecule has 8 aromatic rings. The van der Waals surface area contributed by atoms with Crippen LogP contribution < -0.4 is 4.40 Å². The Balaban J connectivity index is 0.000000187. The first-order valence-corrected chi connectivity index (χ1v) is 24.3. The van der Waals surface area contributed by atoms with Gasteiger partial charge >= 0.3 is 135 Å². The van der Waals surface area contributed by atoms with Crippen molar-refractivity contribution in [3.63, 3.8) is 0 Å². The second-order valence-corrected chi connectivity index (χ2v) is 24.5. The number of thiophene rings is 1. The summed E-state index contributed by atoms with van der Waals surface area (Å²) in [7, 11) is 0. The van der Waals surface area contributed by atoms with Crippen molar-refractivity contribution in [1.29, 1.82) is 0 Å². The Morgan fingerprint density at radius 3 is 2.04 bits per heavy atom. The second-order valence-electron chi connectivity index (χ2n) is 12.8. The van der Waals surface area contributed by atoms with E-state index in [1.54, 1.807) is 6.07 Å². The van der Waals surface area contributed by atoms with Crippen LogP contribution in [0.2, 0.25) is 17.3 Å². The first-order chi connectivity index (χ1) is 25.0. The zero-order chi connectivity index (χ0) is 36.5. The SMILES string of the molecule is [2H]C([2H])([2H])c1cnc(-c2[c-]ccc3c2sc2cc(F)ccc23)cc1-c1ccccc1.[CH3][Ge]([CH3])([CH3])[c]1cnc(-c2[c-]cccc2)cc1-c1ccccc1.[Ir]. The molecule has 50 heavy (non-hydrogen) atoms. The number of halogens is 1. The number of pyridine rings is 2. The van der Waals surface area contributed by atoms with E-state index in [0.717, 1.165) is 42.6 Å². The van der Waals surface area contributed by atoms with E-state index >= 15 is 0 Å². The summed E-state index contributed by atoms with van der Waals surface area (Å²) < 4.78 is 40.7. The van der Waals surface area contributed by atoms with E-state index in [-0.39, 0.29) is 31.5 Å². The standard InChI is InChI=1S/C24H15FNS.C20H20GeN.Ir/c1-15-14-26-22(13-21(15)16-6-3-2-4-7-16)20-9-5-8-19-18-11-10-17(25)12-23(18)27-24(19)20;1-21(2,3)19-15-22-20(17-12-8-5-9-13-17)14-18(19)16-10-6-4-7-11-16;/h2-8,10-14H,1H3;4-12,14-15H,1-3H3;/q2*-1;/i1D3;;. The van der Waals surface area contributed by atoms with Crippen LogP contribution in [-0.4, -0.2) is 23.2 Å². The van der Waals surface area contributed by atoms with Crippen LogP contribution >= 0.6 is 11.3 Å². The van der Waals surface area contributed by atoms with Crippen LogP contribution in [0.25, 0.3) is 64.9 Å². The van der Waals surface area contributed by atoms with Gasteiger partial charge in [-0.15, -0.1) is 23.8 Å². The Morgan fingerprint density at radius 1 is 0.680 bits per heavy atom. The summed E-state index contributed by atoms with van der Waals surface area (Å²) in [5.41, 5.74) is 7.72. The maximum atomic E-state index is 13.7. The molecule has 2 nitrogen and oxygen atoms in total. The minimum Gasteiger partial charge on any atom is 0 e. The van der Waals surface area contributed by atoms with Crippen LogP contribution in [0.15, 0.2) is 140 Å². The maximum absolute atomic E-state index is 13.7. The number of hydrogen-bond acceptors (Lipinski definition) is 3. The van der Waals surface area contributed by atoms with Crippen LogP contribution in [0, 0.1) is 24.8 Å². The topological polar surface area (TPSA) is 25.8 Å². The van der Waals surface area contributed by atoms with Crippen molar-refractivity contribution in [2.45, 2.75) is 24.1 Å². The number of fused-ring (bicyclic) bond motifs is 3. The first-order valence-electron chi connectivity index (χ1n) is 17.6. The minimum absolute atomic E-state index is 0. The molecule has 0 amide bonds. The van der Waals surface area contributed by atoms with Gasteiger partial charge in [0, 0.05) is 35.1 Å². The van der Waals surface area contributed by atoms with Gasteiger partial charge in [-0.05, 0) is 51.5 Å². The molecule has 8 rings (SSSR count). The second kappa shape index (κ2) is 15.3. The zero-order valence-corrected chi connectivity index (χ0v) is 33.1. The molecule has 6 heteroatoms. The quantitative estimate of drug-likeness (QED) is 0.127. The molecule has 0 aliphatic heterocycles. The molecule has 0 saturated heterocycles. The van der Waals surface area contributed by atoms with Gasteiger partial charge in [0.1, 0.15) is 5.82 Å². The number of benzene rings is 5. The largest absolute Gasteiger partial charge is 0 e. The fourth-order valence-electron chi connectivity index (χ4n) is 5.96. The molecule has 0 saturated carbocycles. The summed E-state index contributed by atoms with van der Waals surface area (Å²) in [6.07, 6.45) is 3.53. The molecule has 0 bridgehead atoms. The van der Waals surface area contributed by atoms with Gasteiger partial charge in [-0.2, -0.15) is 11.3 Å². The van der Waals surface area contributed by atoms with E-state index in [1.165, 1.54) is 45.2 Å². The number of rotatable bonds is 5. The molecule has 5 aromatic carbocycles. The Morgan fingerprint density at radius 2 is 1.36 bits per heavy atom. The van der Waals surface area contributed by atoms with Gasteiger partial charge < -0.3 is 4.98 Å². The monoisotopic (exact) mass is 912 g/mol. The Labute approximate surface area is 318 Å². The van der Waals surface area contributed by atoms with Crippen LogP contribution in [0.1, 0.15) is 9.68 Å². The van der Waals surface area contributed by atoms with Gasteiger partial charge in [-0.3, -0.25) is 0 Å². The van der Waals surface area contributed by atoms with Crippen molar-refractivity contribution >= 4 is 49.2 Å². The molecule has 1 radical (unpaired) electrons. The molecular weight excluding hydrogens is 872 g/mol. The van der Waals surface area contributed by atoms with E-state index in [1.807, 2.05) is 66.7 Å². The van der Waals surface area contributed by atoms with Crippen molar-refractivity contribution in [3.05, 3.63) is 163 Å². The predicted octanol–water partition coefficient (Wildman–Crippen LogP) is 11.8. The maximum Gasteiger partial charge on any atom is 0 e. The Bertz CT molecular complexity index is 2500. The molecule has 0 unspecified atom stereocenters. The van der Waals surface area contributed by atoms with Crippen LogP contribution in [-0.2, 0) is 20.1 Å². The molecule has 0 aliphatic rings. The average Bonchev–Trinajstić information content (AvgIpc) is 3.53. The zero-order valence-electron chi connectivity index (χ0n) is 30.8. The minimum atomic E-state index is -2.28. The number of hydrogen-bond donors (Lipinski definition) is 0. The third-order valence-corrected chi connectivity index (χ3v) is 13.8. The van der Waals surface area contributed by atoms with E-state index in [2.05, 4.69) is 83.0 Å². The Kier molecular flexibility index (Phi) is 9.72. The molecule has 249 valence electrons. The third kappa shape index (κ3) is 7.57. The molecule has 0 spiro atoms. The summed E-state index contributed by atoms with van der Waals surface area (Å²) in [5.74, 6) is 6.97. The van der Waals surface area contributed by atoms with Gasteiger partial charge in [0.25, 0.3) is 0 Å². The van der Waals surface area contributed by atoms with Crippen LogP contribution in [0.3, 0.4) is 0 Å². The van der Waals surface area contributed by atoms with E-state index < -0.39 is 20.1 Å². The van der Waals surface area contributed by atoms with Crippen molar-refractivity contribution < 1.29 is 28.6 Å². The third-order valence-electron chi connectivity index (χ3n) is 8.42. The summed E-state index contributed by atoms with van der Waals surface area (Å²) in [6.45, 7) is -2.28. The van der Waals surface area contributed by atoms with Gasteiger partial charge in [-0.1, -0.05) is 47.9 Å². The summed E-state index contributed by atoms with van der Waals surface area (Å²) in [4.78, 5) is 9.20. The molecule has 0 N–H and O–H groups in total. The number of nitrogens with zero attached hydrogens (tertiary/aromatic N) is 2. The normalized spacial score (nSPS) is 12.3. The number of aryl methyl sites for hydroxylation is 1. The van der Waals surface area contributed by atoms with Crippen molar-refractivity contribution in [1.82, 2.24) is 9.97 Å². The van der Waals surface area contributed by atoms with Crippen molar-refractivity contribution in [3.8, 4) is 44.8 Å². The summed E-state index contributed by atoms with van der Waals surface area (Å²) >= 11 is -0.499. The fourth-order valence-corrected chi connectivity index (χ4v) is 10.3. The van der Waals surface area contributed by atoms with Crippen LogP contribution in [0.4, 0.5) is 4.39 Å². The van der Waals surface area contributed by atoms with E-state index in [4.69, 9.17) is 9.10 Å². The molecule has 0 fully saturated rings. The van der Waals surface area contributed by atoms with Crippen molar-refractivity contribution in [2.75, 3.05) is 0 Å². The summed E-state index contributed by atoms with van der Waals surface area (Å²) in [6, 6.07) is 47.2. The van der Waals surface area contributed by atoms with Gasteiger partial charge in [0.2, 0.25) is 0 Å². The van der Waals surface area contributed by atoms with Gasteiger partial charge in [0.15, 0.2) is 0 Å².